The van der Waals surface area contributed by atoms with E-state index in [0.29, 0.717) is 0 Å². The summed E-state index contributed by atoms with van der Waals surface area (Å²) >= 11 is 6.30. The molecule has 0 N–H and O–H groups in total. The van der Waals surface area contributed by atoms with E-state index >= 15 is 0 Å². The number of rotatable bonds is 1. The Balaban J connectivity index is 2.30. The Bertz CT molecular complexity index is 489. The fourth-order valence-electron chi connectivity index (χ4n) is 1.73. The zero-order valence-electron chi connectivity index (χ0n) is 7.53. The number of benzene rings is 2. The zero-order valence-corrected chi connectivity index (χ0v) is 8.29. The van der Waals surface area contributed by atoms with E-state index in [4.69, 9.17) is 16.3 Å². The topological polar surface area (TPSA) is 12.5 Å². The minimum Gasteiger partial charge on any atom is -0.368 e. The van der Waals surface area contributed by atoms with Gasteiger partial charge in [0.1, 0.15) is 6.10 Å². The Morgan fingerprint density at radius 1 is 1.14 bits per heavy atom. The molecule has 0 saturated carbocycles. The molecule has 0 aliphatic carbocycles. The van der Waals surface area contributed by atoms with Gasteiger partial charge in [-0.3, -0.25) is 0 Å². The molecule has 3 rings (SSSR count). The fourth-order valence-corrected chi connectivity index (χ4v) is 2.08. The van der Waals surface area contributed by atoms with E-state index in [9.17, 15) is 0 Å². The second-order valence-electron chi connectivity index (χ2n) is 3.51. The molecule has 1 aliphatic rings. The van der Waals surface area contributed by atoms with E-state index in [-0.39, 0.29) is 6.10 Å². The monoisotopic (exact) mass is 204 g/mol. The van der Waals surface area contributed by atoms with E-state index < -0.39 is 0 Å². The lowest BCUT2D eigenvalue weighted by molar-refractivity contribution is 0.416. The number of halogens is 1. The molecule has 1 fully saturated rings. The summed E-state index contributed by atoms with van der Waals surface area (Å²) in [6.07, 6.45) is 0.229. The Labute approximate surface area is 87.3 Å². The van der Waals surface area contributed by atoms with Crippen molar-refractivity contribution < 1.29 is 4.74 Å². The van der Waals surface area contributed by atoms with Gasteiger partial charge in [0.15, 0.2) is 0 Å². The van der Waals surface area contributed by atoms with Gasteiger partial charge >= 0.3 is 0 Å². The molecule has 2 heteroatoms. The lowest BCUT2D eigenvalue weighted by atomic mass is 10.1. The van der Waals surface area contributed by atoms with E-state index in [1.807, 2.05) is 18.2 Å². The summed E-state index contributed by atoms with van der Waals surface area (Å²) in [5.41, 5.74) is 1.12. The molecule has 2 aromatic rings. The highest BCUT2D eigenvalue weighted by molar-refractivity contribution is 6.36. The largest absolute Gasteiger partial charge is 0.368 e. The molecule has 0 radical (unpaired) electrons. The Kier molecular flexibility index (Phi) is 1.76. The molecule has 0 bridgehead atoms. The summed E-state index contributed by atoms with van der Waals surface area (Å²) in [6.45, 7) is 0.804. The SMILES string of the molecule is Clc1c(C2CO2)ccc2ccccc12. The average Bonchev–Trinajstić information content (AvgIpc) is 3.03. The summed E-state index contributed by atoms with van der Waals surface area (Å²) in [7, 11) is 0. The lowest BCUT2D eigenvalue weighted by Gasteiger charge is -2.04. The van der Waals surface area contributed by atoms with Gasteiger partial charge in [-0.2, -0.15) is 0 Å². The second kappa shape index (κ2) is 2.97. The predicted molar refractivity (Wildman–Crippen MR) is 57.7 cm³/mol. The third-order valence-electron chi connectivity index (χ3n) is 2.57. The van der Waals surface area contributed by atoms with Crippen LogP contribution in [0.4, 0.5) is 0 Å². The minimum atomic E-state index is 0.229. The van der Waals surface area contributed by atoms with Gasteiger partial charge in [-0.1, -0.05) is 48.0 Å². The number of epoxide rings is 1. The van der Waals surface area contributed by atoms with Crippen LogP contribution in [0.25, 0.3) is 10.8 Å². The summed E-state index contributed by atoms with van der Waals surface area (Å²) in [5, 5.41) is 3.13. The first-order valence-electron chi connectivity index (χ1n) is 4.65. The number of ether oxygens (including phenoxy) is 1. The lowest BCUT2D eigenvalue weighted by Crippen LogP contribution is -1.84. The molecule has 0 aromatic heterocycles. The van der Waals surface area contributed by atoms with Crippen LogP contribution in [0.3, 0.4) is 0 Å². The molecular formula is C12H9ClO. The predicted octanol–water partition coefficient (Wildman–Crippen LogP) is 3.56. The summed E-state index contributed by atoms with van der Waals surface area (Å²) in [4.78, 5) is 0. The Morgan fingerprint density at radius 2 is 1.93 bits per heavy atom. The first-order valence-corrected chi connectivity index (χ1v) is 5.03. The van der Waals surface area contributed by atoms with Crippen LogP contribution >= 0.6 is 11.6 Å². The van der Waals surface area contributed by atoms with Crippen LogP contribution in [0.5, 0.6) is 0 Å². The van der Waals surface area contributed by atoms with Crippen molar-refractivity contribution >= 4 is 22.4 Å². The van der Waals surface area contributed by atoms with E-state index in [1.165, 1.54) is 5.39 Å². The molecule has 0 amide bonds. The van der Waals surface area contributed by atoms with Crippen LogP contribution in [0.1, 0.15) is 11.7 Å². The van der Waals surface area contributed by atoms with Gasteiger partial charge in [-0.05, 0) is 5.39 Å². The maximum Gasteiger partial charge on any atom is 0.107 e. The minimum absolute atomic E-state index is 0.229. The highest BCUT2D eigenvalue weighted by Crippen LogP contribution is 2.38. The van der Waals surface area contributed by atoms with Gasteiger partial charge in [0.05, 0.1) is 11.6 Å². The molecule has 1 atom stereocenters. The summed E-state index contributed by atoms with van der Waals surface area (Å²) in [5.74, 6) is 0. The van der Waals surface area contributed by atoms with Gasteiger partial charge in [0.25, 0.3) is 0 Å². The van der Waals surface area contributed by atoms with Crippen molar-refractivity contribution in [3.8, 4) is 0 Å². The second-order valence-corrected chi connectivity index (χ2v) is 3.89. The van der Waals surface area contributed by atoms with Crippen molar-refractivity contribution in [2.24, 2.45) is 0 Å². The maximum atomic E-state index is 6.30. The van der Waals surface area contributed by atoms with Crippen LogP contribution in [0.15, 0.2) is 36.4 Å². The first-order chi connectivity index (χ1) is 6.86. The standard InChI is InChI=1S/C12H9ClO/c13-12-9-4-2-1-3-8(9)5-6-10(12)11-7-14-11/h1-6,11H,7H2. The van der Waals surface area contributed by atoms with Gasteiger partial charge in [-0.25, -0.2) is 0 Å². The van der Waals surface area contributed by atoms with Crippen molar-refractivity contribution in [1.29, 1.82) is 0 Å². The van der Waals surface area contributed by atoms with Crippen molar-refractivity contribution in [2.75, 3.05) is 6.61 Å². The highest BCUT2D eigenvalue weighted by atomic mass is 35.5. The molecule has 2 aromatic carbocycles. The van der Waals surface area contributed by atoms with E-state index in [1.54, 1.807) is 0 Å². The van der Waals surface area contributed by atoms with Gasteiger partial charge in [-0.15, -0.1) is 0 Å². The number of fused-ring (bicyclic) bond motifs is 1. The molecule has 70 valence electrons. The van der Waals surface area contributed by atoms with E-state index in [2.05, 4.69) is 18.2 Å². The van der Waals surface area contributed by atoms with Crippen LogP contribution in [-0.2, 0) is 4.74 Å². The molecule has 1 heterocycles. The molecule has 14 heavy (non-hydrogen) atoms. The van der Waals surface area contributed by atoms with Crippen LogP contribution in [0.2, 0.25) is 5.02 Å². The van der Waals surface area contributed by atoms with E-state index in [0.717, 1.165) is 22.6 Å². The number of hydrogen-bond donors (Lipinski definition) is 0. The van der Waals surface area contributed by atoms with Crippen molar-refractivity contribution in [3.63, 3.8) is 0 Å². The quantitative estimate of drug-likeness (QED) is 0.647. The van der Waals surface area contributed by atoms with Gasteiger partial charge in [0.2, 0.25) is 0 Å². The first kappa shape index (κ1) is 8.27. The van der Waals surface area contributed by atoms with Crippen LogP contribution in [0, 0.1) is 0 Å². The summed E-state index contributed by atoms with van der Waals surface area (Å²) in [6, 6.07) is 12.3. The zero-order chi connectivity index (χ0) is 9.54. The average molecular weight is 205 g/mol. The molecule has 1 aliphatic heterocycles. The smallest absolute Gasteiger partial charge is 0.107 e. The fraction of sp³-hybridized carbons (Fsp3) is 0.167. The molecule has 0 spiro atoms. The number of hydrogen-bond acceptors (Lipinski definition) is 1. The molecule has 1 nitrogen and oxygen atoms in total. The molecule has 1 unspecified atom stereocenters. The van der Waals surface area contributed by atoms with Crippen molar-refractivity contribution in [3.05, 3.63) is 47.0 Å². The highest BCUT2D eigenvalue weighted by Gasteiger charge is 2.27. The normalized spacial score (nSPS) is 19.9. The van der Waals surface area contributed by atoms with Crippen molar-refractivity contribution in [2.45, 2.75) is 6.10 Å². The Morgan fingerprint density at radius 3 is 2.71 bits per heavy atom. The molecule has 1 saturated heterocycles. The Hall–Kier alpha value is -1.05. The molecular weight excluding hydrogens is 196 g/mol. The van der Waals surface area contributed by atoms with Crippen LogP contribution in [-0.4, -0.2) is 6.61 Å². The van der Waals surface area contributed by atoms with Crippen LogP contribution < -0.4 is 0 Å². The van der Waals surface area contributed by atoms with Gasteiger partial charge in [0, 0.05) is 10.9 Å². The van der Waals surface area contributed by atoms with Gasteiger partial charge < -0.3 is 4.74 Å². The van der Waals surface area contributed by atoms with Crippen molar-refractivity contribution in [1.82, 2.24) is 0 Å². The maximum absolute atomic E-state index is 6.30. The third kappa shape index (κ3) is 1.21. The third-order valence-corrected chi connectivity index (χ3v) is 3.00. The summed E-state index contributed by atoms with van der Waals surface area (Å²) < 4.78 is 5.24.